The molecule has 0 saturated carbocycles. The maximum absolute atomic E-state index is 12.8. The standard InChI is InChI=1S/C21H21ClN4O3/c1-29-12-11-23-19(27)13-24-21(28)18-14-26(17-5-3-2-4-6-17)25-20(18)15-7-9-16(22)10-8-15/h2-10,14H,11-13H2,1H3,(H,23,27)(H,24,28). The molecule has 2 amide bonds. The largest absolute Gasteiger partial charge is 0.383 e. The molecule has 3 aromatic rings. The van der Waals surface area contributed by atoms with Crippen LogP contribution in [0.4, 0.5) is 0 Å². The number of methoxy groups -OCH3 is 1. The lowest BCUT2D eigenvalue weighted by molar-refractivity contribution is -0.120. The number of benzene rings is 2. The molecule has 0 unspecified atom stereocenters. The molecule has 2 aromatic carbocycles. The van der Waals surface area contributed by atoms with E-state index < -0.39 is 0 Å². The molecule has 0 radical (unpaired) electrons. The van der Waals surface area contributed by atoms with Crippen LogP contribution in [0.3, 0.4) is 0 Å². The fourth-order valence-corrected chi connectivity index (χ4v) is 2.81. The Labute approximate surface area is 173 Å². The predicted octanol–water partition coefficient (Wildman–Crippen LogP) is 2.69. The Kier molecular flexibility index (Phi) is 6.99. The fraction of sp³-hybridized carbons (Fsp3) is 0.190. The smallest absolute Gasteiger partial charge is 0.255 e. The summed E-state index contributed by atoms with van der Waals surface area (Å²) >= 11 is 5.98. The van der Waals surface area contributed by atoms with Gasteiger partial charge in [0.25, 0.3) is 5.91 Å². The van der Waals surface area contributed by atoms with E-state index in [0.717, 1.165) is 11.3 Å². The zero-order valence-corrected chi connectivity index (χ0v) is 16.6. The van der Waals surface area contributed by atoms with Crippen molar-refractivity contribution < 1.29 is 14.3 Å². The maximum Gasteiger partial charge on any atom is 0.255 e. The Hall–Kier alpha value is -3.16. The second kappa shape index (κ2) is 9.86. The van der Waals surface area contributed by atoms with Gasteiger partial charge in [-0.2, -0.15) is 5.10 Å². The minimum Gasteiger partial charge on any atom is -0.383 e. The summed E-state index contributed by atoms with van der Waals surface area (Å²) in [5, 5.41) is 10.5. The van der Waals surface area contributed by atoms with Gasteiger partial charge in [-0.3, -0.25) is 9.59 Å². The molecule has 7 nitrogen and oxygen atoms in total. The van der Waals surface area contributed by atoms with Gasteiger partial charge in [0.2, 0.25) is 5.91 Å². The zero-order chi connectivity index (χ0) is 20.6. The molecule has 0 saturated heterocycles. The lowest BCUT2D eigenvalue weighted by atomic mass is 10.1. The van der Waals surface area contributed by atoms with Crippen molar-refractivity contribution in [2.75, 3.05) is 26.8 Å². The second-order valence-electron chi connectivity index (χ2n) is 6.20. The van der Waals surface area contributed by atoms with Gasteiger partial charge < -0.3 is 15.4 Å². The molecule has 3 rings (SSSR count). The molecular weight excluding hydrogens is 392 g/mol. The van der Waals surface area contributed by atoms with Crippen molar-refractivity contribution in [2.24, 2.45) is 0 Å². The highest BCUT2D eigenvalue weighted by Crippen LogP contribution is 2.25. The van der Waals surface area contributed by atoms with Crippen LogP contribution in [0.15, 0.2) is 60.8 Å². The average molecular weight is 413 g/mol. The molecule has 0 fully saturated rings. The average Bonchev–Trinajstić information content (AvgIpc) is 3.19. The minimum atomic E-state index is -0.390. The Morgan fingerprint density at radius 1 is 1.07 bits per heavy atom. The number of nitrogens with one attached hydrogen (secondary N) is 2. The van der Waals surface area contributed by atoms with Gasteiger partial charge >= 0.3 is 0 Å². The number of hydrogen-bond acceptors (Lipinski definition) is 4. The number of nitrogens with zero attached hydrogens (tertiary/aromatic N) is 2. The number of ether oxygens (including phenoxy) is 1. The van der Waals surface area contributed by atoms with Crippen LogP contribution >= 0.6 is 11.6 Å². The third-order valence-electron chi connectivity index (χ3n) is 4.14. The number of carbonyl (C=O) groups is 2. The summed E-state index contributed by atoms with van der Waals surface area (Å²) in [5.74, 6) is -0.682. The van der Waals surface area contributed by atoms with E-state index in [4.69, 9.17) is 16.3 Å². The summed E-state index contributed by atoms with van der Waals surface area (Å²) in [4.78, 5) is 24.6. The number of hydrogen-bond donors (Lipinski definition) is 2. The molecule has 0 atom stereocenters. The van der Waals surface area contributed by atoms with Gasteiger partial charge in [0, 0.05) is 30.4 Å². The lowest BCUT2D eigenvalue weighted by Crippen LogP contribution is -2.38. The highest BCUT2D eigenvalue weighted by Gasteiger charge is 2.19. The van der Waals surface area contributed by atoms with E-state index in [9.17, 15) is 9.59 Å². The van der Waals surface area contributed by atoms with E-state index >= 15 is 0 Å². The number of para-hydroxylation sites is 1. The van der Waals surface area contributed by atoms with Crippen LogP contribution in [-0.2, 0) is 9.53 Å². The first-order valence-corrected chi connectivity index (χ1v) is 9.41. The van der Waals surface area contributed by atoms with Gasteiger partial charge in [0.05, 0.1) is 24.4 Å². The maximum atomic E-state index is 12.8. The van der Waals surface area contributed by atoms with E-state index in [0.29, 0.717) is 29.4 Å². The fourth-order valence-electron chi connectivity index (χ4n) is 2.68. The summed E-state index contributed by atoms with van der Waals surface area (Å²) in [6, 6.07) is 16.6. The quantitative estimate of drug-likeness (QED) is 0.557. The highest BCUT2D eigenvalue weighted by atomic mass is 35.5. The van der Waals surface area contributed by atoms with Crippen LogP contribution in [0.2, 0.25) is 5.02 Å². The Bertz CT molecular complexity index is 971. The van der Waals surface area contributed by atoms with Crippen molar-refractivity contribution >= 4 is 23.4 Å². The van der Waals surface area contributed by atoms with Crippen molar-refractivity contribution in [3.63, 3.8) is 0 Å². The van der Waals surface area contributed by atoms with E-state index in [1.165, 1.54) is 0 Å². The summed E-state index contributed by atoms with van der Waals surface area (Å²) in [5.41, 5.74) is 2.43. The molecule has 0 bridgehead atoms. The lowest BCUT2D eigenvalue weighted by Gasteiger charge is -2.07. The molecule has 0 spiro atoms. The van der Waals surface area contributed by atoms with Crippen LogP contribution < -0.4 is 10.6 Å². The molecule has 8 heteroatoms. The van der Waals surface area contributed by atoms with Crippen molar-refractivity contribution in [1.29, 1.82) is 0 Å². The van der Waals surface area contributed by atoms with Crippen molar-refractivity contribution in [3.05, 3.63) is 71.4 Å². The minimum absolute atomic E-state index is 0.140. The summed E-state index contributed by atoms with van der Waals surface area (Å²) < 4.78 is 6.52. The number of carbonyl (C=O) groups excluding carboxylic acids is 2. The number of rotatable bonds is 8. The van der Waals surface area contributed by atoms with Crippen molar-refractivity contribution in [1.82, 2.24) is 20.4 Å². The Morgan fingerprint density at radius 3 is 2.48 bits per heavy atom. The molecule has 0 aliphatic heterocycles. The van der Waals surface area contributed by atoms with Gasteiger partial charge in [0.1, 0.15) is 5.69 Å². The molecule has 150 valence electrons. The van der Waals surface area contributed by atoms with Crippen LogP contribution in [0.25, 0.3) is 16.9 Å². The van der Waals surface area contributed by atoms with Crippen LogP contribution in [0, 0.1) is 0 Å². The summed E-state index contributed by atoms with van der Waals surface area (Å²) in [6.07, 6.45) is 1.65. The normalized spacial score (nSPS) is 10.6. The number of aromatic nitrogens is 2. The van der Waals surface area contributed by atoms with Crippen LogP contribution in [-0.4, -0.2) is 48.4 Å². The van der Waals surface area contributed by atoms with E-state index in [1.54, 1.807) is 42.3 Å². The summed E-state index contributed by atoms with van der Waals surface area (Å²) in [6.45, 7) is 0.649. The Balaban J connectivity index is 1.83. The zero-order valence-electron chi connectivity index (χ0n) is 15.9. The van der Waals surface area contributed by atoms with Gasteiger partial charge in [-0.15, -0.1) is 0 Å². The van der Waals surface area contributed by atoms with E-state index in [1.807, 2.05) is 30.3 Å². The number of halogens is 1. The van der Waals surface area contributed by atoms with Crippen molar-refractivity contribution in [2.45, 2.75) is 0 Å². The predicted molar refractivity (Wildman–Crippen MR) is 111 cm³/mol. The van der Waals surface area contributed by atoms with Gasteiger partial charge in [0.15, 0.2) is 0 Å². The molecule has 0 aliphatic rings. The molecule has 0 aliphatic carbocycles. The SMILES string of the molecule is COCCNC(=O)CNC(=O)c1cn(-c2ccccc2)nc1-c1ccc(Cl)cc1. The molecule has 2 N–H and O–H groups in total. The van der Waals surface area contributed by atoms with Gasteiger partial charge in [-0.25, -0.2) is 4.68 Å². The van der Waals surface area contributed by atoms with Crippen LogP contribution in [0.1, 0.15) is 10.4 Å². The first kappa shape index (κ1) is 20.6. The van der Waals surface area contributed by atoms with Gasteiger partial charge in [-0.1, -0.05) is 41.9 Å². The van der Waals surface area contributed by atoms with Gasteiger partial charge in [-0.05, 0) is 24.3 Å². The molecule has 1 aromatic heterocycles. The van der Waals surface area contributed by atoms with E-state index in [2.05, 4.69) is 15.7 Å². The first-order valence-electron chi connectivity index (χ1n) is 9.03. The first-order chi connectivity index (χ1) is 14.1. The third kappa shape index (κ3) is 5.43. The second-order valence-corrected chi connectivity index (χ2v) is 6.64. The highest BCUT2D eigenvalue weighted by molar-refractivity contribution is 6.30. The number of amides is 2. The van der Waals surface area contributed by atoms with Crippen LogP contribution in [0.5, 0.6) is 0 Å². The topological polar surface area (TPSA) is 85.3 Å². The van der Waals surface area contributed by atoms with Crippen molar-refractivity contribution in [3.8, 4) is 16.9 Å². The van der Waals surface area contributed by atoms with E-state index in [-0.39, 0.29) is 18.4 Å². The summed E-state index contributed by atoms with van der Waals surface area (Å²) in [7, 11) is 1.55. The molecule has 29 heavy (non-hydrogen) atoms. The monoisotopic (exact) mass is 412 g/mol. The third-order valence-corrected chi connectivity index (χ3v) is 4.39. The molecule has 1 heterocycles. The Morgan fingerprint density at radius 2 is 1.79 bits per heavy atom. The molecular formula is C21H21ClN4O3.